The molecule has 0 spiro atoms. The third-order valence-corrected chi connectivity index (χ3v) is 5.23. The fourth-order valence-electron chi connectivity index (χ4n) is 3.67. The molecule has 0 atom stereocenters. The largest absolute Gasteiger partial charge is 0.416 e. The first-order valence-corrected chi connectivity index (χ1v) is 9.25. The number of halogens is 3. The Labute approximate surface area is 160 Å². The van der Waals surface area contributed by atoms with Crippen LogP contribution in [0.3, 0.4) is 0 Å². The van der Waals surface area contributed by atoms with Gasteiger partial charge in [-0.3, -0.25) is 0 Å². The van der Waals surface area contributed by atoms with E-state index in [-0.39, 0.29) is 0 Å². The second kappa shape index (κ2) is 7.43. The van der Waals surface area contributed by atoms with Gasteiger partial charge in [-0.25, -0.2) is 9.50 Å². The zero-order valence-electron chi connectivity index (χ0n) is 15.4. The van der Waals surface area contributed by atoms with Crippen LogP contribution in [-0.4, -0.2) is 33.9 Å². The Morgan fingerprint density at radius 2 is 1.93 bits per heavy atom. The van der Waals surface area contributed by atoms with Crippen LogP contribution in [0.1, 0.15) is 31.2 Å². The third-order valence-electron chi connectivity index (χ3n) is 5.23. The average Bonchev–Trinajstić information content (AvgIpc) is 3.11. The molecule has 1 aliphatic rings. The highest BCUT2D eigenvalue weighted by Gasteiger charge is 2.30. The Bertz CT molecular complexity index is 961. The van der Waals surface area contributed by atoms with E-state index < -0.39 is 11.7 Å². The molecule has 1 aromatic carbocycles. The minimum Gasteiger partial charge on any atom is -0.381 e. The van der Waals surface area contributed by atoms with E-state index in [1.54, 1.807) is 30.1 Å². The summed E-state index contributed by atoms with van der Waals surface area (Å²) in [6, 6.07) is 7.37. The van der Waals surface area contributed by atoms with Crippen molar-refractivity contribution >= 4 is 11.5 Å². The highest BCUT2D eigenvalue weighted by atomic mass is 19.4. The van der Waals surface area contributed by atoms with E-state index in [2.05, 4.69) is 15.4 Å². The zero-order chi connectivity index (χ0) is 19.7. The van der Waals surface area contributed by atoms with Crippen LogP contribution in [0.15, 0.2) is 42.7 Å². The van der Waals surface area contributed by atoms with Crippen LogP contribution < -0.4 is 5.32 Å². The molecule has 2 aromatic heterocycles. The van der Waals surface area contributed by atoms with Gasteiger partial charge in [0.15, 0.2) is 5.65 Å². The number of anilines is 1. The van der Waals surface area contributed by atoms with Crippen LogP contribution in [0.4, 0.5) is 19.0 Å². The van der Waals surface area contributed by atoms with Gasteiger partial charge in [0.1, 0.15) is 5.82 Å². The average molecular weight is 390 g/mol. The van der Waals surface area contributed by atoms with Crippen molar-refractivity contribution in [3.05, 3.63) is 48.3 Å². The van der Waals surface area contributed by atoms with Gasteiger partial charge in [-0.2, -0.15) is 18.3 Å². The van der Waals surface area contributed by atoms with Gasteiger partial charge in [-0.05, 0) is 49.4 Å². The van der Waals surface area contributed by atoms with Crippen molar-refractivity contribution in [1.82, 2.24) is 14.6 Å². The monoisotopic (exact) mass is 390 g/mol. The van der Waals surface area contributed by atoms with Gasteiger partial charge >= 0.3 is 6.18 Å². The van der Waals surface area contributed by atoms with Crippen LogP contribution in [-0.2, 0) is 10.9 Å². The predicted molar refractivity (Wildman–Crippen MR) is 100 cm³/mol. The number of nitrogens with zero attached hydrogens (tertiary/aromatic N) is 3. The summed E-state index contributed by atoms with van der Waals surface area (Å²) >= 11 is 0. The molecule has 1 fully saturated rings. The first kappa shape index (κ1) is 18.7. The number of hydrogen-bond acceptors (Lipinski definition) is 4. The SMILES string of the molecule is COC1CCC(Nc2ccn3ncc(-c4cccc(C(F)(F)F)c4)c3n2)CC1. The molecule has 1 N–H and O–H groups in total. The number of ether oxygens (including phenoxy) is 1. The van der Waals surface area contributed by atoms with Crippen molar-refractivity contribution in [3.63, 3.8) is 0 Å². The Morgan fingerprint density at radius 1 is 1.14 bits per heavy atom. The van der Waals surface area contributed by atoms with Crippen molar-refractivity contribution in [2.24, 2.45) is 0 Å². The van der Waals surface area contributed by atoms with Crippen molar-refractivity contribution in [1.29, 1.82) is 0 Å². The molecule has 0 aliphatic heterocycles. The molecule has 1 aliphatic carbocycles. The molecule has 0 unspecified atom stereocenters. The van der Waals surface area contributed by atoms with Crippen LogP contribution in [0.2, 0.25) is 0 Å². The van der Waals surface area contributed by atoms with Gasteiger partial charge < -0.3 is 10.1 Å². The van der Waals surface area contributed by atoms with Gasteiger partial charge in [0, 0.05) is 24.9 Å². The summed E-state index contributed by atoms with van der Waals surface area (Å²) in [5, 5.41) is 7.66. The van der Waals surface area contributed by atoms with Gasteiger partial charge in [0.2, 0.25) is 0 Å². The van der Waals surface area contributed by atoms with Crippen molar-refractivity contribution in [2.45, 2.75) is 44.0 Å². The number of hydrogen-bond donors (Lipinski definition) is 1. The molecule has 0 saturated heterocycles. The maximum Gasteiger partial charge on any atom is 0.416 e. The molecule has 3 aromatic rings. The maximum absolute atomic E-state index is 13.0. The first-order chi connectivity index (χ1) is 13.4. The molecule has 0 radical (unpaired) electrons. The van der Waals surface area contributed by atoms with Gasteiger partial charge in [0.25, 0.3) is 0 Å². The van der Waals surface area contributed by atoms with E-state index in [4.69, 9.17) is 4.74 Å². The lowest BCUT2D eigenvalue weighted by atomic mass is 9.93. The topological polar surface area (TPSA) is 51.5 Å². The lowest BCUT2D eigenvalue weighted by Gasteiger charge is -2.28. The number of alkyl halides is 3. The molecule has 0 bridgehead atoms. The summed E-state index contributed by atoms with van der Waals surface area (Å²) in [6.07, 6.45) is 3.22. The summed E-state index contributed by atoms with van der Waals surface area (Å²) in [6.45, 7) is 0. The molecule has 148 valence electrons. The molecule has 28 heavy (non-hydrogen) atoms. The quantitative estimate of drug-likeness (QED) is 0.696. The fraction of sp³-hybridized carbons (Fsp3) is 0.400. The zero-order valence-corrected chi connectivity index (χ0v) is 15.4. The van der Waals surface area contributed by atoms with Crippen molar-refractivity contribution in [3.8, 4) is 11.1 Å². The highest BCUT2D eigenvalue weighted by Crippen LogP contribution is 2.33. The Hall–Kier alpha value is -2.61. The smallest absolute Gasteiger partial charge is 0.381 e. The third kappa shape index (κ3) is 3.82. The fourth-order valence-corrected chi connectivity index (χ4v) is 3.67. The van der Waals surface area contributed by atoms with E-state index in [0.717, 1.165) is 37.8 Å². The minimum absolute atomic E-state index is 0.307. The standard InChI is InChI=1S/C20H21F3N4O/c1-28-16-7-5-15(6-8-16)25-18-9-10-27-19(26-18)17(12-24-27)13-3-2-4-14(11-13)20(21,22)23/h2-4,9-12,15-16H,5-8H2,1H3,(H,25,26). The Balaban J connectivity index is 1.60. The maximum atomic E-state index is 13.0. The van der Waals surface area contributed by atoms with E-state index in [1.807, 2.05) is 6.07 Å². The second-order valence-corrected chi connectivity index (χ2v) is 7.07. The molecule has 5 nitrogen and oxygen atoms in total. The summed E-state index contributed by atoms with van der Waals surface area (Å²) in [4.78, 5) is 4.61. The van der Waals surface area contributed by atoms with Gasteiger partial charge in [0.05, 0.1) is 17.9 Å². The summed E-state index contributed by atoms with van der Waals surface area (Å²) < 4.78 is 46.1. The Kier molecular flexibility index (Phi) is 4.97. The van der Waals surface area contributed by atoms with E-state index in [9.17, 15) is 13.2 Å². The number of benzene rings is 1. The summed E-state index contributed by atoms with van der Waals surface area (Å²) in [5.74, 6) is 0.696. The minimum atomic E-state index is -4.39. The predicted octanol–water partition coefficient (Wildman–Crippen LogP) is 4.78. The number of aromatic nitrogens is 3. The van der Waals surface area contributed by atoms with Crippen LogP contribution >= 0.6 is 0 Å². The van der Waals surface area contributed by atoms with Crippen LogP contribution in [0, 0.1) is 0 Å². The van der Waals surface area contributed by atoms with Gasteiger partial charge in [-0.1, -0.05) is 12.1 Å². The molecule has 2 heterocycles. The molecule has 1 saturated carbocycles. The van der Waals surface area contributed by atoms with Crippen LogP contribution in [0.5, 0.6) is 0 Å². The van der Waals surface area contributed by atoms with E-state index in [0.29, 0.717) is 34.7 Å². The molecule has 0 amide bonds. The number of methoxy groups -OCH3 is 1. The number of rotatable bonds is 4. The first-order valence-electron chi connectivity index (χ1n) is 9.25. The summed E-state index contributed by atoms with van der Waals surface area (Å²) in [7, 11) is 1.74. The Morgan fingerprint density at radius 3 is 2.64 bits per heavy atom. The normalized spacial score (nSPS) is 20.4. The van der Waals surface area contributed by atoms with Crippen LogP contribution in [0.25, 0.3) is 16.8 Å². The lowest BCUT2D eigenvalue weighted by molar-refractivity contribution is -0.137. The van der Waals surface area contributed by atoms with Crippen molar-refractivity contribution in [2.75, 3.05) is 12.4 Å². The molecule has 8 heteroatoms. The molecular formula is C20H21F3N4O. The van der Waals surface area contributed by atoms with Gasteiger partial charge in [-0.15, -0.1) is 0 Å². The number of fused-ring (bicyclic) bond motifs is 1. The molecular weight excluding hydrogens is 369 g/mol. The second-order valence-electron chi connectivity index (χ2n) is 7.07. The summed E-state index contributed by atoms with van der Waals surface area (Å²) in [5.41, 5.74) is 0.844. The molecule has 4 rings (SSSR count). The van der Waals surface area contributed by atoms with E-state index >= 15 is 0 Å². The van der Waals surface area contributed by atoms with Crippen molar-refractivity contribution < 1.29 is 17.9 Å². The lowest BCUT2D eigenvalue weighted by Crippen LogP contribution is -2.29. The highest BCUT2D eigenvalue weighted by molar-refractivity contribution is 5.78. The van der Waals surface area contributed by atoms with E-state index in [1.165, 1.54) is 6.07 Å². The number of nitrogens with one attached hydrogen (secondary N) is 1.